The fourth-order valence-electron chi connectivity index (χ4n) is 5.75. The van der Waals surface area contributed by atoms with Gasteiger partial charge in [-0.05, 0) is 64.7 Å². The van der Waals surface area contributed by atoms with Gasteiger partial charge in [0, 0.05) is 34.1 Å². The van der Waals surface area contributed by atoms with Crippen LogP contribution in [0.5, 0.6) is 0 Å². The van der Waals surface area contributed by atoms with Crippen LogP contribution in [0.4, 0.5) is 0 Å². The molecule has 4 heteroatoms. The Labute approximate surface area is 224 Å². The van der Waals surface area contributed by atoms with Crippen molar-refractivity contribution in [3.8, 4) is 28.3 Å². The molecule has 0 atom stereocenters. The normalized spacial score (nSPS) is 11.6. The fourth-order valence-corrected chi connectivity index (χ4v) is 5.75. The van der Waals surface area contributed by atoms with Crippen LogP contribution in [0.15, 0.2) is 134 Å². The molecule has 0 bridgehead atoms. The second kappa shape index (κ2) is 8.61. The molecular formula is C35H22N4. The highest BCUT2D eigenvalue weighted by Gasteiger charge is 2.17. The summed E-state index contributed by atoms with van der Waals surface area (Å²) < 4.78 is 2.31. The standard InChI is InChI=1S/C35H22N4/c1-3-9-27-23(7-1)12-17-33-34(27)29-21-25(35-28-10-4-2-8-24(28)18-20-37-35)13-16-32(29)39(33)26-14-15-31(38-22-26)30-11-5-6-19-36-30/h1-22H. The fraction of sp³-hybridized carbons (Fsp3) is 0. The topological polar surface area (TPSA) is 43.6 Å². The molecule has 182 valence electrons. The third-order valence-corrected chi connectivity index (χ3v) is 7.54. The third-order valence-electron chi connectivity index (χ3n) is 7.54. The van der Waals surface area contributed by atoms with Crippen molar-refractivity contribution in [1.82, 2.24) is 19.5 Å². The first-order valence-electron chi connectivity index (χ1n) is 13.0. The molecule has 0 saturated carbocycles. The summed E-state index contributed by atoms with van der Waals surface area (Å²) in [5, 5.41) is 7.24. The predicted octanol–water partition coefficient (Wildman–Crippen LogP) is 8.61. The number of hydrogen-bond acceptors (Lipinski definition) is 3. The van der Waals surface area contributed by atoms with Gasteiger partial charge in [0.15, 0.2) is 0 Å². The van der Waals surface area contributed by atoms with E-state index in [4.69, 9.17) is 9.97 Å². The molecule has 0 aliphatic heterocycles. The van der Waals surface area contributed by atoms with Gasteiger partial charge in [0.05, 0.1) is 40.0 Å². The van der Waals surface area contributed by atoms with Crippen molar-refractivity contribution in [2.24, 2.45) is 0 Å². The molecule has 0 radical (unpaired) electrons. The van der Waals surface area contributed by atoms with Crippen molar-refractivity contribution in [2.45, 2.75) is 0 Å². The number of hydrogen-bond donors (Lipinski definition) is 0. The van der Waals surface area contributed by atoms with Gasteiger partial charge in [0.25, 0.3) is 0 Å². The van der Waals surface area contributed by atoms with Crippen LogP contribution in [-0.2, 0) is 0 Å². The van der Waals surface area contributed by atoms with Crippen LogP contribution in [0, 0.1) is 0 Å². The molecule has 0 spiro atoms. The Morgan fingerprint density at radius 2 is 1.26 bits per heavy atom. The summed E-state index contributed by atoms with van der Waals surface area (Å²) >= 11 is 0. The maximum Gasteiger partial charge on any atom is 0.0887 e. The van der Waals surface area contributed by atoms with Crippen LogP contribution in [0.2, 0.25) is 0 Å². The van der Waals surface area contributed by atoms with Crippen LogP contribution in [0.25, 0.3) is 71.7 Å². The Morgan fingerprint density at radius 3 is 2.08 bits per heavy atom. The number of fused-ring (bicyclic) bond motifs is 6. The zero-order valence-corrected chi connectivity index (χ0v) is 21.0. The molecule has 0 saturated heterocycles. The summed E-state index contributed by atoms with van der Waals surface area (Å²) in [5.74, 6) is 0. The molecule has 0 aliphatic rings. The lowest BCUT2D eigenvalue weighted by molar-refractivity contribution is 1.14. The van der Waals surface area contributed by atoms with Crippen molar-refractivity contribution in [3.63, 3.8) is 0 Å². The quantitative estimate of drug-likeness (QED) is 0.245. The summed E-state index contributed by atoms with van der Waals surface area (Å²) in [6.45, 7) is 0. The van der Waals surface area contributed by atoms with Gasteiger partial charge in [-0.25, -0.2) is 0 Å². The van der Waals surface area contributed by atoms with Crippen LogP contribution in [0.1, 0.15) is 0 Å². The summed E-state index contributed by atoms with van der Waals surface area (Å²) in [7, 11) is 0. The second-order valence-electron chi connectivity index (χ2n) is 9.75. The molecule has 4 aromatic heterocycles. The van der Waals surface area contributed by atoms with Crippen LogP contribution in [0.3, 0.4) is 0 Å². The van der Waals surface area contributed by atoms with Gasteiger partial charge in [0.1, 0.15) is 0 Å². The van der Waals surface area contributed by atoms with Crippen molar-refractivity contribution in [1.29, 1.82) is 0 Å². The van der Waals surface area contributed by atoms with E-state index in [9.17, 15) is 0 Å². The number of nitrogens with zero attached hydrogens (tertiary/aromatic N) is 4. The highest BCUT2D eigenvalue weighted by molar-refractivity contribution is 6.22. The van der Waals surface area contributed by atoms with E-state index in [0.29, 0.717) is 0 Å². The summed E-state index contributed by atoms with van der Waals surface area (Å²) in [4.78, 5) is 14.1. The predicted molar refractivity (Wildman–Crippen MR) is 160 cm³/mol. The molecule has 4 nitrogen and oxygen atoms in total. The monoisotopic (exact) mass is 498 g/mol. The molecule has 0 unspecified atom stereocenters. The number of benzene rings is 4. The van der Waals surface area contributed by atoms with Gasteiger partial charge in [0.2, 0.25) is 0 Å². The van der Waals surface area contributed by atoms with Crippen LogP contribution in [-0.4, -0.2) is 19.5 Å². The molecule has 0 fully saturated rings. The Balaban J connectivity index is 1.41. The molecule has 8 aromatic rings. The molecule has 0 N–H and O–H groups in total. The van der Waals surface area contributed by atoms with E-state index < -0.39 is 0 Å². The Bertz CT molecular complexity index is 2160. The maximum atomic E-state index is 4.81. The zero-order valence-electron chi connectivity index (χ0n) is 21.0. The van der Waals surface area contributed by atoms with E-state index in [1.54, 1.807) is 6.20 Å². The minimum absolute atomic E-state index is 0.856. The van der Waals surface area contributed by atoms with Crippen LogP contribution >= 0.6 is 0 Å². The van der Waals surface area contributed by atoms with Crippen molar-refractivity contribution in [3.05, 3.63) is 134 Å². The summed E-state index contributed by atoms with van der Waals surface area (Å²) in [5.41, 5.74) is 7.13. The largest absolute Gasteiger partial charge is 0.308 e. The van der Waals surface area contributed by atoms with Gasteiger partial charge < -0.3 is 4.57 Å². The van der Waals surface area contributed by atoms with Gasteiger partial charge in [-0.15, -0.1) is 0 Å². The van der Waals surface area contributed by atoms with Gasteiger partial charge in [-0.2, -0.15) is 0 Å². The van der Waals surface area contributed by atoms with Gasteiger partial charge >= 0.3 is 0 Å². The lowest BCUT2D eigenvalue weighted by atomic mass is 10.00. The molecule has 4 heterocycles. The number of rotatable bonds is 3. The molecular weight excluding hydrogens is 476 g/mol. The Kier molecular flexibility index (Phi) is 4.79. The first-order valence-corrected chi connectivity index (χ1v) is 13.0. The lowest BCUT2D eigenvalue weighted by Gasteiger charge is -2.09. The van der Waals surface area contributed by atoms with Crippen LogP contribution < -0.4 is 0 Å². The lowest BCUT2D eigenvalue weighted by Crippen LogP contribution is -1.96. The molecule has 4 aromatic carbocycles. The van der Waals surface area contributed by atoms with E-state index in [0.717, 1.165) is 44.8 Å². The van der Waals surface area contributed by atoms with E-state index in [1.165, 1.54) is 26.9 Å². The van der Waals surface area contributed by atoms with E-state index in [1.807, 2.05) is 36.7 Å². The highest BCUT2D eigenvalue weighted by atomic mass is 15.0. The average molecular weight is 499 g/mol. The summed E-state index contributed by atoms with van der Waals surface area (Å²) in [6.07, 6.45) is 5.64. The Morgan fingerprint density at radius 1 is 0.487 bits per heavy atom. The second-order valence-corrected chi connectivity index (χ2v) is 9.75. The summed E-state index contributed by atoms with van der Waals surface area (Å²) in [6, 6.07) is 40.3. The molecule has 0 amide bonds. The zero-order chi connectivity index (χ0) is 25.8. The third kappa shape index (κ3) is 3.42. The number of pyridine rings is 3. The van der Waals surface area contributed by atoms with Crippen molar-refractivity contribution in [2.75, 3.05) is 0 Å². The van der Waals surface area contributed by atoms with Crippen molar-refractivity contribution < 1.29 is 0 Å². The first-order chi connectivity index (χ1) is 19.3. The van der Waals surface area contributed by atoms with Gasteiger partial charge in [-0.3, -0.25) is 15.0 Å². The minimum Gasteiger partial charge on any atom is -0.308 e. The molecule has 8 rings (SSSR count). The Hall–Kier alpha value is -5.35. The van der Waals surface area contributed by atoms with E-state index >= 15 is 0 Å². The van der Waals surface area contributed by atoms with Gasteiger partial charge in [-0.1, -0.05) is 66.7 Å². The smallest absolute Gasteiger partial charge is 0.0887 e. The van der Waals surface area contributed by atoms with E-state index in [2.05, 4.69) is 101 Å². The minimum atomic E-state index is 0.856. The SMILES string of the molecule is c1ccc(-c2ccc(-n3c4ccc(-c5nccc6ccccc56)cc4c4c5ccccc5ccc43)cn2)nc1. The molecule has 39 heavy (non-hydrogen) atoms. The highest BCUT2D eigenvalue weighted by Crippen LogP contribution is 2.39. The van der Waals surface area contributed by atoms with Crippen molar-refractivity contribution >= 4 is 43.4 Å². The first kappa shape index (κ1) is 21.7. The maximum absolute atomic E-state index is 4.81. The van der Waals surface area contributed by atoms with E-state index in [-0.39, 0.29) is 0 Å². The molecule has 0 aliphatic carbocycles. The number of aromatic nitrogens is 4. The average Bonchev–Trinajstić information content (AvgIpc) is 3.35.